The first-order valence-corrected chi connectivity index (χ1v) is 14.7. The third-order valence-electron chi connectivity index (χ3n) is 5.93. The van der Waals surface area contributed by atoms with Crippen LogP contribution in [0.5, 0.6) is 0 Å². The standard InChI is InChI=1S/C40H56.Pb.2H/c1-33(2)19-13-23-37(7)27-17-31-39(9)29-15-25-35(5)21-11-12-22-36(6)26-16-30-40(10)32-18-28-38(8)24-14-20-34(3)4;;;/h11-12,15-22,25-32H,13-14,23-24H2,1-10H3;;;/b12-11+,25-15+,26-16+,31-17+,32-18+,35-21+,36-22+,37-27+,38-28+,39-29+,40-30+;;;. The molecule has 0 unspecified atom stereocenters. The molecule has 0 rings (SSSR count). The second kappa shape index (κ2) is 26.4. The minimum absolute atomic E-state index is 0. The van der Waals surface area contributed by atoms with E-state index < -0.39 is 0 Å². The first-order chi connectivity index (χ1) is 19.0. The van der Waals surface area contributed by atoms with Crippen LogP contribution in [0.2, 0.25) is 0 Å². The van der Waals surface area contributed by atoms with Gasteiger partial charge in [0.25, 0.3) is 0 Å². The molecule has 222 valence electrons. The first-order valence-electron chi connectivity index (χ1n) is 14.7. The molecule has 0 saturated heterocycles. The summed E-state index contributed by atoms with van der Waals surface area (Å²) in [6, 6.07) is 0. The fourth-order valence-electron chi connectivity index (χ4n) is 3.41. The third-order valence-corrected chi connectivity index (χ3v) is 5.93. The van der Waals surface area contributed by atoms with Crippen molar-refractivity contribution in [1.29, 1.82) is 0 Å². The van der Waals surface area contributed by atoms with Crippen molar-refractivity contribution in [1.82, 2.24) is 0 Å². The van der Waals surface area contributed by atoms with Gasteiger partial charge >= 0.3 is 27.3 Å². The average molecular weight is 746 g/mol. The zero-order valence-corrected chi connectivity index (χ0v) is 33.4. The second-order valence-electron chi connectivity index (χ2n) is 11.1. The van der Waals surface area contributed by atoms with E-state index in [1.54, 1.807) is 0 Å². The molecule has 0 nitrogen and oxygen atoms in total. The molecule has 0 aliphatic carbocycles. The Morgan fingerprint density at radius 3 is 0.927 bits per heavy atom. The Hall–Kier alpha value is -2.46. The molecule has 41 heavy (non-hydrogen) atoms. The van der Waals surface area contributed by atoms with Gasteiger partial charge in [-0.25, -0.2) is 0 Å². The fourth-order valence-corrected chi connectivity index (χ4v) is 3.41. The SMILES string of the molecule is CC(C)=CCC/C(C)=C/C=C/C(C)=C/C=C/C(C)=C/C=C/C=C(C)/C=C/C=C(C)/C=C/C=C(\C)CCC=C(C)C.[PbH2]. The van der Waals surface area contributed by atoms with E-state index in [1.807, 2.05) is 0 Å². The van der Waals surface area contributed by atoms with Crippen LogP contribution in [0.3, 0.4) is 0 Å². The van der Waals surface area contributed by atoms with Crippen molar-refractivity contribution in [2.24, 2.45) is 0 Å². The van der Waals surface area contributed by atoms with Crippen LogP contribution in [0.4, 0.5) is 0 Å². The van der Waals surface area contributed by atoms with Crippen molar-refractivity contribution in [2.75, 3.05) is 0 Å². The Morgan fingerprint density at radius 2 is 0.634 bits per heavy atom. The normalized spacial score (nSPS) is 14.7. The van der Waals surface area contributed by atoms with Gasteiger partial charge in [0.2, 0.25) is 0 Å². The Morgan fingerprint density at radius 1 is 0.366 bits per heavy atom. The molecular weight excluding hydrogens is 688 g/mol. The summed E-state index contributed by atoms with van der Waals surface area (Å²) >= 11 is 0. The van der Waals surface area contributed by atoms with E-state index >= 15 is 0 Å². The van der Waals surface area contributed by atoms with E-state index in [-0.39, 0.29) is 27.3 Å². The van der Waals surface area contributed by atoms with E-state index in [4.69, 9.17) is 0 Å². The van der Waals surface area contributed by atoms with Crippen LogP contribution in [0.15, 0.2) is 154 Å². The quantitative estimate of drug-likeness (QED) is 0.0838. The van der Waals surface area contributed by atoms with Crippen molar-refractivity contribution < 1.29 is 0 Å². The van der Waals surface area contributed by atoms with E-state index in [2.05, 4.69) is 179 Å². The van der Waals surface area contributed by atoms with Crippen LogP contribution >= 0.6 is 0 Å². The predicted molar refractivity (Wildman–Crippen MR) is 194 cm³/mol. The molecule has 0 aromatic carbocycles. The number of hydrogen-bond donors (Lipinski definition) is 0. The van der Waals surface area contributed by atoms with Crippen molar-refractivity contribution in [3.63, 3.8) is 0 Å². The summed E-state index contributed by atoms with van der Waals surface area (Å²) in [6.45, 7) is 21.5. The number of hydrogen-bond acceptors (Lipinski definition) is 0. The summed E-state index contributed by atoms with van der Waals surface area (Å²) in [5, 5.41) is 0. The molecule has 0 fully saturated rings. The minimum atomic E-state index is 0. The second-order valence-corrected chi connectivity index (χ2v) is 11.1. The molecule has 0 saturated carbocycles. The average Bonchev–Trinajstić information content (AvgIpc) is 2.86. The maximum atomic E-state index is 2.30. The van der Waals surface area contributed by atoms with Gasteiger partial charge < -0.3 is 0 Å². The van der Waals surface area contributed by atoms with Crippen molar-refractivity contribution in [3.8, 4) is 0 Å². The number of allylic oxidation sites excluding steroid dienone is 26. The van der Waals surface area contributed by atoms with Gasteiger partial charge in [0.1, 0.15) is 0 Å². The van der Waals surface area contributed by atoms with E-state index in [9.17, 15) is 0 Å². The Kier molecular flexibility index (Phi) is 26.2. The van der Waals surface area contributed by atoms with Crippen LogP contribution in [-0.2, 0) is 0 Å². The molecule has 0 aromatic heterocycles. The van der Waals surface area contributed by atoms with Gasteiger partial charge in [-0.2, -0.15) is 0 Å². The van der Waals surface area contributed by atoms with Gasteiger partial charge in [0, 0.05) is 0 Å². The molecule has 0 heterocycles. The summed E-state index contributed by atoms with van der Waals surface area (Å²) in [4.78, 5) is 0. The molecule has 0 bridgehead atoms. The summed E-state index contributed by atoms with van der Waals surface area (Å²) in [5.41, 5.74) is 10.5. The molecule has 0 aromatic rings. The molecule has 2 radical (unpaired) electrons. The van der Waals surface area contributed by atoms with Crippen LogP contribution in [0.1, 0.15) is 94.9 Å². The molecule has 0 N–H and O–H groups in total. The summed E-state index contributed by atoms with van der Waals surface area (Å²) < 4.78 is 0. The predicted octanol–water partition coefficient (Wildman–Crippen LogP) is 12.0. The van der Waals surface area contributed by atoms with Crippen molar-refractivity contribution in [2.45, 2.75) is 94.9 Å². The molecule has 0 aliphatic rings. The molecule has 0 atom stereocenters. The zero-order chi connectivity index (χ0) is 30.2. The zero-order valence-electron chi connectivity index (χ0n) is 27.9. The van der Waals surface area contributed by atoms with Crippen molar-refractivity contribution in [3.05, 3.63) is 154 Å². The maximum absolute atomic E-state index is 2.30. The van der Waals surface area contributed by atoms with Gasteiger partial charge in [-0.3, -0.25) is 0 Å². The summed E-state index contributed by atoms with van der Waals surface area (Å²) in [7, 11) is 0. The fraction of sp³-hybridized carbons (Fsp3) is 0.350. The molecule has 0 aliphatic heterocycles. The van der Waals surface area contributed by atoms with Crippen LogP contribution in [0.25, 0.3) is 0 Å². The third kappa shape index (κ3) is 28.9. The van der Waals surface area contributed by atoms with E-state index in [0.29, 0.717) is 0 Å². The Labute approximate surface area is 274 Å². The van der Waals surface area contributed by atoms with Gasteiger partial charge in [-0.15, -0.1) is 0 Å². The first kappa shape index (κ1) is 40.7. The van der Waals surface area contributed by atoms with E-state index in [1.165, 1.54) is 44.6 Å². The Balaban J connectivity index is 0. The topological polar surface area (TPSA) is 0 Å². The van der Waals surface area contributed by atoms with Gasteiger partial charge in [0.15, 0.2) is 0 Å². The molecular formula is C40H58Pb. The molecule has 0 spiro atoms. The molecule has 1 heteroatoms. The van der Waals surface area contributed by atoms with Gasteiger partial charge in [-0.1, -0.05) is 154 Å². The van der Waals surface area contributed by atoms with Crippen LogP contribution in [-0.4, -0.2) is 27.3 Å². The summed E-state index contributed by atoms with van der Waals surface area (Å²) in [5.74, 6) is 0. The van der Waals surface area contributed by atoms with Crippen LogP contribution < -0.4 is 0 Å². The Bertz CT molecular complexity index is 1060. The summed E-state index contributed by atoms with van der Waals surface area (Å²) in [6.07, 6.45) is 43.3. The van der Waals surface area contributed by atoms with Gasteiger partial charge in [-0.05, 0) is 94.9 Å². The monoisotopic (exact) mass is 746 g/mol. The molecule has 0 amide bonds. The van der Waals surface area contributed by atoms with Crippen LogP contribution in [0, 0.1) is 0 Å². The van der Waals surface area contributed by atoms with Crippen molar-refractivity contribution >= 4 is 27.3 Å². The van der Waals surface area contributed by atoms with Gasteiger partial charge in [0.05, 0.1) is 0 Å². The number of rotatable bonds is 16. The van der Waals surface area contributed by atoms with E-state index in [0.717, 1.165) is 25.7 Å².